The van der Waals surface area contributed by atoms with Crippen LogP contribution in [0, 0.1) is 0 Å². The lowest BCUT2D eigenvalue weighted by molar-refractivity contribution is 0.222. The Labute approximate surface area is 97.9 Å². The normalized spacial score (nSPS) is 22.0. The van der Waals surface area contributed by atoms with E-state index in [1.165, 1.54) is 31.4 Å². The Kier molecular flexibility index (Phi) is 4.31. The van der Waals surface area contributed by atoms with E-state index in [9.17, 15) is 0 Å². The van der Waals surface area contributed by atoms with Crippen LogP contribution in [-0.4, -0.2) is 36.1 Å². The molecule has 88 valence electrons. The van der Waals surface area contributed by atoms with E-state index in [-0.39, 0.29) is 0 Å². The summed E-state index contributed by atoms with van der Waals surface area (Å²) in [5.41, 5.74) is 1.30. The number of hydrogen-bond acceptors (Lipinski definition) is 3. The molecule has 0 aromatic carbocycles. The molecule has 1 aromatic heterocycles. The standard InChI is InChI=1S/C13H21N3/c1-16(11-12-5-4-8-14-9-12)13-6-2-3-7-15-10-13/h4-5,8-9,13,15H,2-3,6-7,10-11H2,1H3. The van der Waals surface area contributed by atoms with Gasteiger partial charge < -0.3 is 5.32 Å². The molecule has 0 radical (unpaired) electrons. The molecule has 0 aliphatic carbocycles. The first-order valence-electron chi connectivity index (χ1n) is 6.16. The van der Waals surface area contributed by atoms with Gasteiger partial charge in [0.25, 0.3) is 0 Å². The van der Waals surface area contributed by atoms with E-state index in [4.69, 9.17) is 0 Å². The molecule has 1 aromatic rings. The molecule has 0 bridgehead atoms. The number of nitrogens with zero attached hydrogens (tertiary/aromatic N) is 2. The monoisotopic (exact) mass is 219 g/mol. The summed E-state index contributed by atoms with van der Waals surface area (Å²) in [4.78, 5) is 6.60. The summed E-state index contributed by atoms with van der Waals surface area (Å²) in [6, 6.07) is 4.82. The van der Waals surface area contributed by atoms with E-state index in [1.54, 1.807) is 0 Å². The van der Waals surface area contributed by atoms with Crippen LogP contribution in [0.15, 0.2) is 24.5 Å². The van der Waals surface area contributed by atoms with Crippen molar-refractivity contribution in [2.75, 3.05) is 20.1 Å². The third kappa shape index (κ3) is 3.29. The number of nitrogens with one attached hydrogen (secondary N) is 1. The quantitative estimate of drug-likeness (QED) is 0.838. The van der Waals surface area contributed by atoms with E-state index in [1.807, 2.05) is 18.5 Å². The molecule has 2 rings (SSSR count). The van der Waals surface area contributed by atoms with E-state index >= 15 is 0 Å². The van der Waals surface area contributed by atoms with Gasteiger partial charge in [-0.3, -0.25) is 9.88 Å². The van der Waals surface area contributed by atoms with Crippen LogP contribution in [0.3, 0.4) is 0 Å². The first-order chi connectivity index (χ1) is 7.86. The number of hydrogen-bond donors (Lipinski definition) is 1. The van der Waals surface area contributed by atoms with Gasteiger partial charge in [0, 0.05) is 31.5 Å². The predicted octanol–water partition coefficient (Wildman–Crippen LogP) is 1.66. The molecule has 0 spiro atoms. The molecule has 3 nitrogen and oxygen atoms in total. The van der Waals surface area contributed by atoms with Crippen molar-refractivity contribution in [3.05, 3.63) is 30.1 Å². The molecule has 2 heterocycles. The zero-order valence-electron chi connectivity index (χ0n) is 10.0. The third-order valence-electron chi connectivity index (χ3n) is 3.30. The van der Waals surface area contributed by atoms with Gasteiger partial charge in [-0.25, -0.2) is 0 Å². The Morgan fingerprint density at radius 3 is 3.25 bits per heavy atom. The van der Waals surface area contributed by atoms with Crippen molar-refractivity contribution in [3.63, 3.8) is 0 Å². The highest BCUT2D eigenvalue weighted by atomic mass is 15.1. The van der Waals surface area contributed by atoms with Crippen molar-refractivity contribution in [3.8, 4) is 0 Å². The highest BCUT2D eigenvalue weighted by molar-refractivity contribution is 5.08. The molecule has 1 fully saturated rings. The minimum absolute atomic E-state index is 0.669. The van der Waals surface area contributed by atoms with Crippen molar-refractivity contribution in [1.82, 2.24) is 15.2 Å². The summed E-state index contributed by atoms with van der Waals surface area (Å²) in [5, 5.41) is 3.51. The van der Waals surface area contributed by atoms with Gasteiger partial charge in [-0.1, -0.05) is 12.5 Å². The van der Waals surface area contributed by atoms with Gasteiger partial charge in [0.05, 0.1) is 0 Å². The van der Waals surface area contributed by atoms with Crippen molar-refractivity contribution in [1.29, 1.82) is 0 Å². The van der Waals surface area contributed by atoms with Gasteiger partial charge in [-0.05, 0) is 38.1 Å². The largest absolute Gasteiger partial charge is 0.315 e. The number of pyridine rings is 1. The molecule has 1 N–H and O–H groups in total. The number of likely N-dealkylation sites (N-methyl/N-ethyl adjacent to an activating group) is 1. The Hall–Kier alpha value is -0.930. The van der Waals surface area contributed by atoms with Gasteiger partial charge >= 0.3 is 0 Å². The van der Waals surface area contributed by atoms with Crippen molar-refractivity contribution in [2.24, 2.45) is 0 Å². The molecule has 1 aliphatic rings. The molecule has 1 aliphatic heterocycles. The van der Waals surface area contributed by atoms with Crippen molar-refractivity contribution in [2.45, 2.75) is 31.8 Å². The second kappa shape index (κ2) is 5.97. The summed E-state index contributed by atoms with van der Waals surface area (Å²) in [6.45, 7) is 3.30. The van der Waals surface area contributed by atoms with Crippen LogP contribution in [0.5, 0.6) is 0 Å². The lowest BCUT2D eigenvalue weighted by Gasteiger charge is -2.26. The molecule has 1 saturated heterocycles. The molecule has 1 unspecified atom stereocenters. The maximum absolute atomic E-state index is 4.16. The minimum atomic E-state index is 0.669. The second-order valence-corrected chi connectivity index (χ2v) is 4.63. The summed E-state index contributed by atoms with van der Waals surface area (Å²) in [5.74, 6) is 0. The summed E-state index contributed by atoms with van der Waals surface area (Å²) in [7, 11) is 2.21. The smallest absolute Gasteiger partial charge is 0.0312 e. The van der Waals surface area contributed by atoms with E-state index < -0.39 is 0 Å². The van der Waals surface area contributed by atoms with E-state index in [2.05, 4.69) is 28.3 Å². The highest BCUT2D eigenvalue weighted by Gasteiger charge is 2.16. The van der Waals surface area contributed by atoms with Crippen LogP contribution in [0.4, 0.5) is 0 Å². The predicted molar refractivity (Wildman–Crippen MR) is 66.2 cm³/mol. The van der Waals surface area contributed by atoms with E-state index in [0.717, 1.165) is 13.1 Å². The van der Waals surface area contributed by atoms with Gasteiger partial charge in [0.15, 0.2) is 0 Å². The first-order valence-corrected chi connectivity index (χ1v) is 6.16. The second-order valence-electron chi connectivity index (χ2n) is 4.63. The van der Waals surface area contributed by atoms with Gasteiger partial charge in [-0.15, -0.1) is 0 Å². The highest BCUT2D eigenvalue weighted by Crippen LogP contribution is 2.12. The lowest BCUT2D eigenvalue weighted by atomic mass is 10.1. The molecule has 0 saturated carbocycles. The minimum Gasteiger partial charge on any atom is -0.315 e. The third-order valence-corrected chi connectivity index (χ3v) is 3.30. The van der Waals surface area contributed by atoms with Crippen LogP contribution in [0.2, 0.25) is 0 Å². The fourth-order valence-electron chi connectivity index (χ4n) is 2.29. The number of aromatic nitrogens is 1. The molecular weight excluding hydrogens is 198 g/mol. The SMILES string of the molecule is CN(Cc1cccnc1)C1CCCCNC1. The Morgan fingerprint density at radius 2 is 2.44 bits per heavy atom. The lowest BCUT2D eigenvalue weighted by Crippen LogP contribution is -2.38. The molecule has 0 amide bonds. The van der Waals surface area contributed by atoms with Gasteiger partial charge in [0.1, 0.15) is 0 Å². The fourth-order valence-corrected chi connectivity index (χ4v) is 2.29. The van der Waals surface area contributed by atoms with Crippen LogP contribution < -0.4 is 5.32 Å². The number of rotatable bonds is 3. The molecule has 1 atom stereocenters. The average Bonchev–Trinajstić information content (AvgIpc) is 2.59. The zero-order valence-corrected chi connectivity index (χ0v) is 10.0. The van der Waals surface area contributed by atoms with Crippen LogP contribution in [0.25, 0.3) is 0 Å². The molecular formula is C13H21N3. The topological polar surface area (TPSA) is 28.2 Å². The fraction of sp³-hybridized carbons (Fsp3) is 0.615. The van der Waals surface area contributed by atoms with Gasteiger partial charge in [0.2, 0.25) is 0 Å². The molecule has 3 heteroatoms. The van der Waals surface area contributed by atoms with Crippen LogP contribution in [-0.2, 0) is 6.54 Å². The Morgan fingerprint density at radius 1 is 1.50 bits per heavy atom. The van der Waals surface area contributed by atoms with Crippen molar-refractivity contribution < 1.29 is 0 Å². The van der Waals surface area contributed by atoms with Crippen LogP contribution in [0.1, 0.15) is 24.8 Å². The van der Waals surface area contributed by atoms with Crippen LogP contribution >= 0.6 is 0 Å². The maximum atomic E-state index is 4.16. The Bertz CT molecular complexity index is 291. The summed E-state index contributed by atoms with van der Waals surface area (Å²) < 4.78 is 0. The summed E-state index contributed by atoms with van der Waals surface area (Å²) in [6.07, 6.45) is 7.76. The maximum Gasteiger partial charge on any atom is 0.0312 e. The van der Waals surface area contributed by atoms with E-state index in [0.29, 0.717) is 6.04 Å². The Balaban J connectivity index is 1.89. The first kappa shape index (κ1) is 11.6. The van der Waals surface area contributed by atoms with Gasteiger partial charge in [-0.2, -0.15) is 0 Å². The molecule has 16 heavy (non-hydrogen) atoms. The van der Waals surface area contributed by atoms with Crippen molar-refractivity contribution >= 4 is 0 Å². The summed E-state index contributed by atoms with van der Waals surface area (Å²) >= 11 is 0. The zero-order chi connectivity index (χ0) is 11.2. The average molecular weight is 219 g/mol.